The summed E-state index contributed by atoms with van der Waals surface area (Å²) in [5.74, 6) is 0.813. The van der Waals surface area contributed by atoms with Gasteiger partial charge in [0.1, 0.15) is 5.82 Å². The second kappa shape index (κ2) is 4.57. The van der Waals surface area contributed by atoms with Crippen molar-refractivity contribution in [1.29, 1.82) is 0 Å². The van der Waals surface area contributed by atoms with Crippen LogP contribution >= 0.6 is 0 Å². The molecule has 2 rings (SSSR count). The Hall–Kier alpha value is -1.16. The zero-order valence-corrected chi connectivity index (χ0v) is 8.95. The molecule has 0 bridgehead atoms. The molecule has 0 aromatic carbocycles. The Balaban J connectivity index is 1.87. The minimum Gasteiger partial charge on any atom is -0.367 e. The van der Waals surface area contributed by atoms with E-state index in [4.69, 9.17) is 5.73 Å². The molecule has 3 N–H and O–H groups in total. The quantitative estimate of drug-likeness (QED) is 0.787. The summed E-state index contributed by atoms with van der Waals surface area (Å²) in [6.07, 6.45) is 11.1. The van der Waals surface area contributed by atoms with E-state index in [1.165, 1.54) is 19.3 Å². The molecule has 0 aliphatic heterocycles. The highest BCUT2D eigenvalue weighted by Gasteiger charge is 2.26. The number of rotatable bonds is 3. The van der Waals surface area contributed by atoms with Gasteiger partial charge >= 0.3 is 0 Å². The van der Waals surface area contributed by atoms with Gasteiger partial charge in [0.2, 0.25) is 0 Å². The van der Waals surface area contributed by atoms with Crippen molar-refractivity contribution < 1.29 is 0 Å². The molecule has 1 aromatic heterocycles. The van der Waals surface area contributed by atoms with Crippen LogP contribution < -0.4 is 11.1 Å². The van der Waals surface area contributed by atoms with Gasteiger partial charge in [-0.15, -0.1) is 0 Å². The summed E-state index contributed by atoms with van der Waals surface area (Å²) in [7, 11) is 0. The molecule has 4 heteroatoms. The largest absolute Gasteiger partial charge is 0.367 e. The Kier molecular flexibility index (Phi) is 3.16. The molecule has 0 saturated heterocycles. The van der Waals surface area contributed by atoms with E-state index >= 15 is 0 Å². The summed E-state index contributed by atoms with van der Waals surface area (Å²) in [6.45, 7) is 0.797. The first-order valence-electron chi connectivity index (χ1n) is 5.57. The fourth-order valence-corrected chi connectivity index (χ4v) is 2.09. The average molecular weight is 206 g/mol. The first-order valence-corrected chi connectivity index (χ1v) is 5.57. The first-order chi connectivity index (χ1) is 7.29. The Morgan fingerprint density at radius 2 is 2.07 bits per heavy atom. The summed E-state index contributed by atoms with van der Waals surface area (Å²) in [5, 5.41) is 3.26. The van der Waals surface area contributed by atoms with E-state index in [9.17, 15) is 0 Å². The topological polar surface area (TPSA) is 63.8 Å². The van der Waals surface area contributed by atoms with Gasteiger partial charge in [0.25, 0.3) is 0 Å². The zero-order chi connectivity index (χ0) is 10.6. The Labute approximate surface area is 90.3 Å². The lowest BCUT2D eigenvalue weighted by Crippen LogP contribution is -2.47. The standard InChI is InChI=1S/C11H18N4/c12-11(4-2-1-3-5-11)9-15-10-8-13-6-7-14-10/h6-8H,1-5,9,12H2,(H,14,15). The number of anilines is 1. The van der Waals surface area contributed by atoms with Crippen LogP contribution in [0.2, 0.25) is 0 Å². The fourth-order valence-electron chi connectivity index (χ4n) is 2.09. The van der Waals surface area contributed by atoms with Gasteiger partial charge < -0.3 is 11.1 Å². The molecule has 1 aliphatic carbocycles. The van der Waals surface area contributed by atoms with Gasteiger partial charge in [0.15, 0.2) is 0 Å². The maximum absolute atomic E-state index is 6.30. The molecule has 1 saturated carbocycles. The summed E-state index contributed by atoms with van der Waals surface area (Å²) >= 11 is 0. The predicted molar refractivity (Wildman–Crippen MR) is 60.5 cm³/mol. The molecule has 0 amide bonds. The van der Waals surface area contributed by atoms with Crippen molar-refractivity contribution >= 4 is 5.82 Å². The molecule has 0 radical (unpaired) electrons. The molecule has 1 fully saturated rings. The van der Waals surface area contributed by atoms with E-state index in [1.54, 1.807) is 18.6 Å². The molecule has 0 atom stereocenters. The van der Waals surface area contributed by atoms with E-state index in [1.807, 2.05) is 0 Å². The van der Waals surface area contributed by atoms with Crippen molar-refractivity contribution in [2.45, 2.75) is 37.6 Å². The SMILES string of the molecule is NC1(CNc2cnccn2)CCCCC1. The first kappa shape index (κ1) is 10.4. The lowest BCUT2D eigenvalue weighted by atomic mass is 9.82. The highest BCUT2D eigenvalue weighted by atomic mass is 15.0. The number of nitrogens with one attached hydrogen (secondary N) is 1. The molecule has 0 unspecified atom stereocenters. The van der Waals surface area contributed by atoms with Crippen LogP contribution in [0.3, 0.4) is 0 Å². The molecular weight excluding hydrogens is 188 g/mol. The van der Waals surface area contributed by atoms with Crippen LogP contribution in [0.15, 0.2) is 18.6 Å². The summed E-state index contributed by atoms with van der Waals surface area (Å²) < 4.78 is 0. The van der Waals surface area contributed by atoms with Crippen LogP contribution in [0, 0.1) is 0 Å². The predicted octanol–water partition coefficient (Wildman–Crippen LogP) is 1.55. The summed E-state index contributed by atoms with van der Waals surface area (Å²) in [4.78, 5) is 8.17. The summed E-state index contributed by atoms with van der Waals surface area (Å²) in [5.41, 5.74) is 6.25. The van der Waals surface area contributed by atoms with E-state index < -0.39 is 0 Å². The molecule has 15 heavy (non-hydrogen) atoms. The lowest BCUT2D eigenvalue weighted by molar-refractivity contribution is 0.311. The third-order valence-electron chi connectivity index (χ3n) is 3.03. The van der Waals surface area contributed by atoms with Gasteiger partial charge in [-0.1, -0.05) is 19.3 Å². The van der Waals surface area contributed by atoms with Gasteiger partial charge in [-0.05, 0) is 12.8 Å². The minimum atomic E-state index is -0.0459. The van der Waals surface area contributed by atoms with Crippen molar-refractivity contribution in [3.05, 3.63) is 18.6 Å². The molecular formula is C11H18N4. The van der Waals surface area contributed by atoms with Crippen LogP contribution in [0.1, 0.15) is 32.1 Å². The van der Waals surface area contributed by atoms with E-state index in [0.717, 1.165) is 25.2 Å². The number of hydrogen-bond acceptors (Lipinski definition) is 4. The second-order valence-electron chi connectivity index (χ2n) is 4.37. The van der Waals surface area contributed by atoms with Crippen LogP contribution in [-0.4, -0.2) is 22.1 Å². The van der Waals surface area contributed by atoms with Crippen molar-refractivity contribution in [2.24, 2.45) is 5.73 Å². The van der Waals surface area contributed by atoms with Crippen LogP contribution in [0.5, 0.6) is 0 Å². The molecule has 1 heterocycles. The molecule has 1 aliphatic rings. The maximum atomic E-state index is 6.30. The summed E-state index contributed by atoms with van der Waals surface area (Å²) in [6, 6.07) is 0. The van der Waals surface area contributed by atoms with E-state index in [0.29, 0.717) is 0 Å². The third kappa shape index (κ3) is 2.89. The van der Waals surface area contributed by atoms with E-state index in [-0.39, 0.29) is 5.54 Å². The van der Waals surface area contributed by atoms with Gasteiger partial charge in [-0.25, -0.2) is 4.98 Å². The Morgan fingerprint density at radius 3 is 2.73 bits per heavy atom. The molecule has 82 valence electrons. The third-order valence-corrected chi connectivity index (χ3v) is 3.03. The Bertz CT molecular complexity index is 293. The highest BCUT2D eigenvalue weighted by molar-refractivity contribution is 5.30. The van der Waals surface area contributed by atoms with Gasteiger partial charge in [-0.3, -0.25) is 4.98 Å². The number of aromatic nitrogens is 2. The average Bonchev–Trinajstić information content (AvgIpc) is 2.29. The Morgan fingerprint density at radius 1 is 1.27 bits per heavy atom. The van der Waals surface area contributed by atoms with Gasteiger partial charge in [-0.2, -0.15) is 0 Å². The van der Waals surface area contributed by atoms with Crippen molar-refractivity contribution in [1.82, 2.24) is 9.97 Å². The molecule has 1 aromatic rings. The number of hydrogen-bond donors (Lipinski definition) is 2. The smallest absolute Gasteiger partial charge is 0.144 e. The normalized spacial score (nSPS) is 19.8. The fraction of sp³-hybridized carbons (Fsp3) is 0.636. The van der Waals surface area contributed by atoms with Crippen LogP contribution in [-0.2, 0) is 0 Å². The highest BCUT2D eigenvalue weighted by Crippen LogP contribution is 2.25. The van der Waals surface area contributed by atoms with E-state index in [2.05, 4.69) is 15.3 Å². The van der Waals surface area contributed by atoms with Gasteiger partial charge in [0, 0.05) is 24.5 Å². The van der Waals surface area contributed by atoms with Crippen molar-refractivity contribution in [3.8, 4) is 0 Å². The monoisotopic (exact) mass is 206 g/mol. The maximum Gasteiger partial charge on any atom is 0.144 e. The second-order valence-corrected chi connectivity index (χ2v) is 4.37. The molecule has 0 spiro atoms. The zero-order valence-electron chi connectivity index (χ0n) is 8.95. The molecule has 4 nitrogen and oxygen atoms in total. The van der Waals surface area contributed by atoms with Gasteiger partial charge in [0.05, 0.1) is 6.20 Å². The number of nitrogens with two attached hydrogens (primary N) is 1. The van der Waals surface area contributed by atoms with Crippen LogP contribution in [0.25, 0.3) is 0 Å². The number of nitrogens with zero attached hydrogens (tertiary/aromatic N) is 2. The lowest BCUT2D eigenvalue weighted by Gasteiger charge is -2.33. The van der Waals surface area contributed by atoms with Crippen molar-refractivity contribution in [3.63, 3.8) is 0 Å². The van der Waals surface area contributed by atoms with Crippen LogP contribution in [0.4, 0.5) is 5.82 Å². The minimum absolute atomic E-state index is 0.0459. The van der Waals surface area contributed by atoms with Crippen molar-refractivity contribution in [2.75, 3.05) is 11.9 Å².